The van der Waals surface area contributed by atoms with Crippen molar-refractivity contribution in [3.8, 4) is 5.75 Å². The minimum absolute atomic E-state index is 0.00662. The Morgan fingerprint density at radius 2 is 1.97 bits per heavy atom. The number of aromatic nitrogens is 3. The predicted molar refractivity (Wildman–Crippen MR) is 117 cm³/mol. The van der Waals surface area contributed by atoms with Gasteiger partial charge in [-0.15, -0.1) is 11.3 Å². The van der Waals surface area contributed by atoms with Crippen molar-refractivity contribution >= 4 is 28.3 Å². The summed E-state index contributed by atoms with van der Waals surface area (Å²) in [7, 11) is 0. The standard InChI is InChI=1S/C22H23N5O3S/c28-20(14-30-17-4-2-1-3-5-17)27-9-6-16(7-10-27)12-19-18(13-23-15-25-19)21(29)26-22-24-8-11-31-22/h1-5,8,11,13,15-16H,6-7,9-10,12,14H2,(H,24,26,29). The Labute approximate surface area is 184 Å². The van der Waals surface area contributed by atoms with E-state index in [1.165, 1.54) is 17.7 Å². The third-order valence-corrected chi connectivity index (χ3v) is 5.94. The van der Waals surface area contributed by atoms with E-state index in [9.17, 15) is 9.59 Å². The van der Waals surface area contributed by atoms with Crippen LogP contribution in [-0.2, 0) is 11.2 Å². The lowest BCUT2D eigenvalue weighted by Crippen LogP contribution is -2.41. The topological polar surface area (TPSA) is 97.3 Å². The van der Waals surface area contributed by atoms with E-state index in [-0.39, 0.29) is 18.4 Å². The number of thiazole rings is 1. The van der Waals surface area contributed by atoms with Crippen LogP contribution in [0.15, 0.2) is 54.4 Å². The molecule has 0 radical (unpaired) electrons. The van der Waals surface area contributed by atoms with Crippen LogP contribution in [-0.4, -0.2) is 51.4 Å². The van der Waals surface area contributed by atoms with Crippen LogP contribution in [0.4, 0.5) is 5.13 Å². The Hall–Kier alpha value is -3.33. The SMILES string of the molecule is O=C(Nc1nccs1)c1cncnc1CC1CCN(C(=O)COc2ccccc2)CC1. The van der Waals surface area contributed by atoms with Gasteiger partial charge in [0.2, 0.25) is 0 Å². The van der Waals surface area contributed by atoms with Crippen LogP contribution in [0, 0.1) is 5.92 Å². The van der Waals surface area contributed by atoms with Crippen LogP contribution in [0.3, 0.4) is 0 Å². The molecule has 1 aromatic carbocycles. The first-order chi connectivity index (χ1) is 15.2. The first-order valence-corrected chi connectivity index (χ1v) is 11.0. The molecule has 2 aromatic heterocycles. The van der Waals surface area contributed by atoms with Gasteiger partial charge in [-0.2, -0.15) is 0 Å². The average molecular weight is 438 g/mol. The molecular weight excluding hydrogens is 414 g/mol. The largest absolute Gasteiger partial charge is 0.484 e. The Balaban J connectivity index is 1.29. The number of piperidine rings is 1. The molecule has 8 nitrogen and oxygen atoms in total. The molecule has 3 heterocycles. The number of amides is 2. The normalized spacial score (nSPS) is 14.3. The predicted octanol–water partition coefficient (Wildman–Crippen LogP) is 3.05. The van der Waals surface area contributed by atoms with Gasteiger partial charge in [-0.05, 0) is 37.3 Å². The highest BCUT2D eigenvalue weighted by Gasteiger charge is 2.25. The van der Waals surface area contributed by atoms with Crippen molar-refractivity contribution in [2.24, 2.45) is 5.92 Å². The van der Waals surface area contributed by atoms with Crippen LogP contribution in [0.2, 0.25) is 0 Å². The lowest BCUT2D eigenvalue weighted by Gasteiger charge is -2.32. The summed E-state index contributed by atoms with van der Waals surface area (Å²) in [5.41, 5.74) is 1.19. The van der Waals surface area contributed by atoms with Gasteiger partial charge in [0, 0.05) is 30.9 Å². The molecule has 1 aliphatic heterocycles. The summed E-state index contributed by atoms with van der Waals surface area (Å²) < 4.78 is 5.57. The van der Waals surface area contributed by atoms with E-state index >= 15 is 0 Å². The summed E-state index contributed by atoms with van der Waals surface area (Å²) in [6.45, 7) is 1.39. The van der Waals surface area contributed by atoms with Crippen molar-refractivity contribution in [2.75, 3.05) is 25.0 Å². The maximum atomic E-state index is 12.6. The van der Waals surface area contributed by atoms with Crippen molar-refractivity contribution in [2.45, 2.75) is 19.3 Å². The maximum Gasteiger partial charge on any atom is 0.260 e. The van der Waals surface area contributed by atoms with Crippen molar-refractivity contribution < 1.29 is 14.3 Å². The molecule has 160 valence electrons. The summed E-state index contributed by atoms with van der Waals surface area (Å²) in [5.74, 6) is 0.780. The quantitative estimate of drug-likeness (QED) is 0.610. The molecule has 3 aromatic rings. The van der Waals surface area contributed by atoms with Crippen LogP contribution >= 0.6 is 11.3 Å². The van der Waals surface area contributed by atoms with Gasteiger partial charge in [-0.25, -0.2) is 15.0 Å². The number of rotatable bonds is 7. The first-order valence-electron chi connectivity index (χ1n) is 10.1. The smallest absolute Gasteiger partial charge is 0.260 e. The Morgan fingerprint density at radius 1 is 1.16 bits per heavy atom. The van der Waals surface area contributed by atoms with Crippen LogP contribution < -0.4 is 10.1 Å². The van der Waals surface area contributed by atoms with Crippen LogP contribution in [0.5, 0.6) is 5.75 Å². The second-order valence-electron chi connectivity index (χ2n) is 7.30. The minimum Gasteiger partial charge on any atom is -0.484 e. The third kappa shape index (κ3) is 5.64. The monoisotopic (exact) mass is 437 g/mol. The molecule has 0 unspecified atom stereocenters. The molecule has 0 atom stereocenters. The molecule has 0 spiro atoms. The zero-order valence-electron chi connectivity index (χ0n) is 16.9. The maximum absolute atomic E-state index is 12.6. The van der Waals surface area contributed by atoms with Gasteiger partial charge in [0.15, 0.2) is 11.7 Å². The number of carbonyl (C=O) groups is 2. The highest BCUT2D eigenvalue weighted by molar-refractivity contribution is 7.13. The average Bonchev–Trinajstić information content (AvgIpc) is 3.32. The van der Waals surface area contributed by atoms with E-state index < -0.39 is 0 Å². The molecule has 1 saturated heterocycles. The third-order valence-electron chi connectivity index (χ3n) is 5.25. The first kappa shape index (κ1) is 20.9. The Morgan fingerprint density at radius 3 is 2.71 bits per heavy atom. The molecule has 1 N–H and O–H groups in total. The molecule has 1 fully saturated rings. The van der Waals surface area contributed by atoms with E-state index in [1.54, 1.807) is 17.8 Å². The lowest BCUT2D eigenvalue weighted by atomic mass is 9.91. The summed E-state index contributed by atoms with van der Waals surface area (Å²) >= 11 is 1.36. The van der Waals surface area contributed by atoms with Crippen molar-refractivity contribution in [3.05, 3.63) is 65.7 Å². The van der Waals surface area contributed by atoms with Gasteiger partial charge < -0.3 is 9.64 Å². The number of hydrogen-bond donors (Lipinski definition) is 1. The van der Waals surface area contributed by atoms with Gasteiger partial charge in [0.25, 0.3) is 11.8 Å². The second kappa shape index (κ2) is 10.1. The lowest BCUT2D eigenvalue weighted by molar-refractivity contribution is -0.134. The van der Waals surface area contributed by atoms with Gasteiger partial charge in [-0.3, -0.25) is 14.9 Å². The second-order valence-corrected chi connectivity index (χ2v) is 8.20. The van der Waals surface area contributed by atoms with Crippen molar-refractivity contribution in [3.63, 3.8) is 0 Å². The van der Waals surface area contributed by atoms with E-state index in [0.717, 1.165) is 18.5 Å². The summed E-state index contributed by atoms with van der Waals surface area (Å²) in [6, 6.07) is 9.34. The van der Waals surface area contributed by atoms with Gasteiger partial charge in [0.05, 0.1) is 11.3 Å². The van der Waals surface area contributed by atoms with Crippen LogP contribution in [0.1, 0.15) is 28.9 Å². The highest BCUT2D eigenvalue weighted by atomic mass is 32.1. The number of nitrogens with zero attached hydrogens (tertiary/aromatic N) is 4. The van der Waals surface area contributed by atoms with Gasteiger partial charge in [0.1, 0.15) is 12.1 Å². The molecule has 9 heteroatoms. The molecular formula is C22H23N5O3S. The number of nitrogens with one attached hydrogen (secondary N) is 1. The summed E-state index contributed by atoms with van der Waals surface area (Å²) in [4.78, 5) is 39.4. The number of benzene rings is 1. The van der Waals surface area contributed by atoms with Crippen LogP contribution in [0.25, 0.3) is 0 Å². The minimum atomic E-state index is -0.253. The molecule has 0 saturated carbocycles. The number of ether oxygens (including phenoxy) is 1. The Kier molecular flexibility index (Phi) is 6.83. The van der Waals surface area contributed by atoms with E-state index in [2.05, 4.69) is 20.3 Å². The zero-order valence-corrected chi connectivity index (χ0v) is 17.8. The van der Waals surface area contributed by atoms with Gasteiger partial charge in [-0.1, -0.05) is 18.2 Å². The number of carbonyl (C=O) groups excluding carboxylic acids is 2. The van der Waals surface area contributed by atoms with Gasteiger partial charge >= 0.3 is 0 Å². The summed E-state index contributed by atoms with van der Waals surface area (Å²) in [6.07, 6.45) is 7.04. The fourth-order valence-electron chi connectivity index (χ4n) is 3.57. The zero-order chi connectivity index (χ0) is 21.5. The van der Waals surface area contributed by atoms with E-state index in [0.29, 0.717) is 41.9 Å². The van der Waals surface area contributed by atoms with E-state index in [4.69, 9.17) is 4.74 Å². The van der Waals surface area contributed by atoms with Crippen molar-refractivity contribution in [1.29, 1.82) is 0 Å². The number of anilines is 1. The fraction of sp³-hybridized carbons (Fsp3) is 0.318. The molecule has 0 bridgehead atoms. The highest BCUT2D eigenvalue weighted by Crippen LogP contribution is 2.23. The molecule has 2 amide bonds. The molecule has 0 aliphatic carbocycles. The molecule has 31 heavy (non-hydrogen) atoms. The fourth-order valence-corrected chi connectivity index (χ4v) is 4.09. The van der Waals surface area contributed by atoms with Crippen molar-refractivity contribution in [1.82, 2.24) is 19.9 Å². The Bertz CT molecular complexity index is 1010. The summed E-state index contributed by atoms with van der Waals surface area (Å²) in [5, 5.41) is 5.14. The number of likely N-dealkylation sites (tertiary alicyclic amines) is 1. The molecule has 4 rings (SSSR count). The number of para-hydroxylation sites is 1. The van der Waals surface area contributed by atoms with E-state index in [1.807, 2.05) is 35.2 Å². The number of hydrogen-bond acceptors (Lipinski definition) is 7. The molecule has 1 aliphatic rings.